The highest BCUT2D eigenvalue weighted by atomic mass is 19.1. The predicted molar refractivity (Wildman–Crippen MR) is 47.8 cm³/mol. The lowest BCUT2D eigenvalue weighted by Gasteiger charge is -2.04. The minimum absolute atomic E-state index is 0.0241. The zero-order valence-corrected chi connectivity index (χ0v) is 7.68. The van der Waals surface area contributed by atoms with Crippen LogP contribution in [0.1, 0.15) is 11.1 Å². The fraction of sp³-hybridized carbons (Fsp3) is 0.300. The number of aliphatic imine (C=N–C) groups is 1. The Bertz CT molecular complexity index is 384. The summed E-state index contributed by atoms with van der Waals surface area (Å²) in [6, 6.07) is 2.58. The molecule has 0 unspecified atom stereocenters. The first-order valence-corrected chi connectivity index (χ1v) is 4.14. The van der Waals surface area contributed by atoms with Crippen LogP contribution in [0.25, 0.3) is 0 Å². The molecule has 0 saturated heterocycles. The van der Waals surface area contributed by atoms with Crippen LogP contribution in [0.5, 0.6) is 0 Å². The molecule has 0 fully saturated rings. The van der Waals surface area contributed by atoms with Gasteiger partial charge in [-0.3, -0.25) is 0 Å². The molecule has 0 N–H and O–H groups in total. The first kappa shape index (κ1) is 10.5. The molecule has 14 heavy (non-hydrogen) atoms. The molecule has 0 heterocycles. The first-order chi connectivity index (χ1) is 6.66. The highest BCUT2D eigenvalue weighted by molar-refractivity contribution is 5.33. The van der Waals surface area contributed by atoms with Crippen LogP contribution in [0.4, 0.5) is 8.78 Å². The van der Waals surface area contributed by atoms with Crippen molar-refractivity contribution in [1.82, 2.24) is 0 Å². The Kier molecular flexibility index (Phi) is 3.48. The fourth-order valence-electron chi connectivity index (χ4n) is 1.16. The molecule has 0 aliphatic heterocycles. The van der Waals surface area contributed by atoms with Crippen molar-refractivity contribution in [3.05, 3.63) is 34.9 Å². The molecule has 0 atom stereocenters. The average Bonchev–Trinajstić information content (AvgIpc) is 2.18. The van der Waals surface area contributed by atoms with Crippen molar-refractivity contribution in [3.63, 3.8) is 0 Å². The van der Waals surface area contributed by atoms with Gasteiger partial charge in [0.1, 0.15) is 11.6 Å². The fourth-order valence-corrected chi connectivity index (χ4v) is 1.16. The maximum absolute atomic E-state index is 13.3. The number of nitrogens with zero attached hydrogens (tertiary/aromatic N) is 1. The zero-order valence-electron chi connectivity index (χ0n) is 7.68. The van der Waals surface area contributed by atoms with Gasteiger partial charge in [0.2, 0.25) is 6.08 Å². The minimum atomic E-state index is -0.603. The molecule has 2 nitrogen and oxygen atoms in total. The lowest BCUT2D eigenvalue weighted by atomic mass is 10.1. The largest absolute Gasteiger partial charge is 0.234 e. The Hall–Kier alpha value is -1.54. The highest BCUT2D eigenvalue weighted by Gasteiger charge is 2.10. The number of hydrogen-bond acceptors (Lipinski definition) is 2. The maximum Gasteiger partial charge on any atom is 0.234 e. The molecule has 1 aromatic carbocycles. The number of benzene rings is 1. The summed E-state index contributed by atoms with van der Waals surface area (Å²) in [5.41, 5.74) is 0.362. The summed E-state index contributed by atoms with van der Waals surface area (Å²) in [7, 11) is 0. The van der Waals surface area contributed by atoms with Gasteiger partial charge in [-0.1, -0.05) is 6.07 Å². The number of isocyanates is 1. The smallest absolute Gasteiger partial charge is 0.211 e. The van der Waals surface area contributed by atoms with E-state index in [-0.39, 0.29) is 18.5 Å². The molecular weight excluding hydrogens is 188 g/mol. The highest BCUT2D eigenvalue weighted by Crippen LogP contribution is 2.16. The molecule has 1 aromatic rings. The summed E-state index contributed by atoms with van der Waals surface area (Å²) < 4.78 is 26.4. The number of halogens is 2. The number of aryl methyl sites for hydroxylation is 1. The standard InChI is InChI=1S/C10H9F2NO/c1-7-2-3-9(11)8(10(7)12)4-5-13-6-14/h2-3H,4-5H2,1H3. The van der Waals surface area contributed by atoms with Gasteiger partial charge < -0.3 is 0 Å². The van der Waals surface area contributed by atoms with Crippen LogP contribution in [0, 0.1) is 18.6 Å². The molecular formula is C10H9F2NO. The van der Waals surface area contributed by atoms with Gasteiger partial charge in [-0.15, -0.1) is 0 Å². The van der Waals surface area contributed by atoms with E-state index >= 15 is 0 Å². The van der Waals surface area contributed by atoms with Gasteiger partial charge in [-0.05, 0) is 25.0 Å². The van der Waals surface area contributed by atoms with E-state index in [0.29, 0.717) is 5.56 Å². The quantitative estimate of drug-likeness (QED) is 0.539. The zero-order chi connectivity index (χ0) is 10.6. The molecule has 74 valence electrons. The van der Waals surface area contributed by atoms with Gasteiger partial charge in [-0.25, -0.2) is 18.6 Å². The lowest BCUT2D eigenvalue weighted by Crippen LogP contribution is -2.00. The summed E-state index contributed by atoms with van der Waals surface area (Å²) in [5, 5.41) is 0. The van der Waals surface area contributed by atoms with Gasteiger partial charge in [0, 0.05) is 5.56 Å². The van der Waals surface area contributed by atoms with Crippen molar-refractivity contribution < 1.29 is 13.6 Å². The van der Waals surface area contributed by atoms with E-state index < -0.39 is 11.6 Å². The topological polar surface area (TPSA) is 29.4 Å². The van der Waals surface area contributed by atoms with Crippen LogP contribution < -0.4 is 0 Å². The molecule has 4 heteroatoms. The third kappa shape index (κ3) is 2.24. The predicted octanol–water partition coefficient (Wildman–Crippen LogP) is 2.15. The van der Waals surface area contributed by atoms with Crippen molar-refractivity contribution in [2.75, 3.05) is 6.54 Å². The first-order valence-electron chi connectivity index (χ1n) is 4.14. The third-order valence-electron chi connectivity index (χ3n) is 1.92. The Morgan fingerprint density at radius 2 is 2.14 bits per heavy atom. The Morgan fingerprint density at radius 1 is 1.43 bits per heavy atom. The van der Waals surface area contributed by atoms with E-state index in [1.54, 1.807) is 6.92 Å². The molecule has 0 amide bonds. The summed E-state index contributed by atoms with van der Waals surface area (Å²) >= 11 is 0. The average molecular weight is 197 g/mol. The molecule has 0 aromatic heterocycles. The van der Waals surface area contributed by atoms with Crippen LogP contribution in [0.2, 0.25) is 0 Å². The number of rotatable bonds is 3. The second kappa shape index (κ2) is 4.63. The summed E-state index contributed by atoms with van der Waals surface area (Å²) in [4.78, 5) is 13.0. The lowest BCUT2D eigenvalue weighted by molar-refractivity contribution is 0.547. The van der Waals surface area contributed by atoms with E-state index in [0.717, 1.165) is 0 Å². The summed E-state index contributed by atoms with van der Waals surface area (Å²) in [6.45, 7) is 1.61. The molecule has 0 radical (unpaired) electrons. The number of carbonyl (C=O) groups excluding carboxylic acids is 1. The third-order valence-corrected chi connectivity index (χ3v) is 1.92. The van der Waals surface area contributed by atoms with Crippen molar-refractivity contribution in [2.45, 2.75) is 13.3 Å². The molecule has 0 aliphatic rings. The number of hydrogen-bond donors (Lipinski definition) is 0. The molecule has 0 saturated carbocycles. The second-order valence-electron chi connectivity index (χ2n) is 2.88. The maximum atomic E-state index is 13.3. The Labute approximate surface area is 80.3 Å². The van der Waals surface area contributed by atoms with Crippen LogP contribution in [0.15, 0.2) is 17.1 Å². The van der Waals surface area contributed by atoms with Crippen LogP contribution in [0.3, 0.4) is 0 Å². The van der Waals surface area contributed by atoms with Crippen molar-refractivity contribution in [1.29, 1.82) is 0 Å². The van der Waals surface area contributed by atoms with Crippen LogP contribution >= 0.6 is 0 Å². The van der Waals surface area contributed by atoms with E-state index in [1.165, 1.54) is 18.2 Å². The van der Waals surface area contributed by atoms with Crippen LogP contribution in [-0.2, 0) is 11.2 Å². The SMILES string of the molecule is Cc1ccc(F)c(CCN=C=O)c1F. The van der Waals surface area contributed by atoms with E-state index in [2.05, 4.69) is 4.99 Å². The van der Waals surface area contributed by atoms with Gasteiger partial charge in [0.25, 0.3) is 0 Å². The van der Waals surface area contributed by atoms with Crippen molar-refractivity contribution >= 4 is 6.08 Å². The van der Waals surface area contributed by atoms with Gasteiger partial charge in [0.15, 0.2) is 0 Å². The van der Waals surface area contributed by atoms with Crippen LogP contribution in [-0.4, -0.2) is 12.6 Å². The Balaban J connectivity index is 2.94. The van der Waals surface area contributed by atoms with E-state index in [1.807, 2.05) is 0 Å². The minimum Gasteiger partial charge on any atom is -0.211 e. The second-order valence-corrected chi connectivity index (χ2v) is 2.88. The summed E-state index contributed by atoms with van der Waals surface area (Å²) in [6.07, 6.45) is 1.40. The monoisotopic (exact) mass is 197 g/mol. The van der Waals surface area contributed by atoms with E-state index in [9.17, 15) is 13.6 Å². The van der Waals surface area contributed by atoms with E-state index in [4.69, 9.17) is 0 Å². The molecule has 0 bridgehead atoms. The van der Waals surface area contributed by atoms with Gasteiger partial charge in [-0.2, -0.15) is 0 Å². The Morgan fingerprint density at radius 3 is 2.79 bits per heavy atom. The molecule has 0 aliphatic carbocycles. The van der Waals surface area contributed by atoms with Crippen molar-refractivity contribution in [2.24, 2.45) is 4.99 Å². The van der Waals surface area contributed by atoms with Gasteiger partial charge >= 0.3 is 0 Å². The van der Waals surface area contributed by atoms with Gasteiger partial charge in [0.05, 0.1) is 6.54 Å². The molecule has 0 spiro atoms. The summed E-state index contributed by atoms with van der Waals surface area (Å²) in [5.74, 6) is -1.17. The van der Waals surface area contributed by atoms with Crippen molar-refractivity contribution in [3.8, 4) is 0 Å². The normalized spacial score (nSPS) is 9.64. The molecule has 1 rings (SSSR count).